The zero-order chi connectivity index (χ0) is 19.4. The number of sulfone groups is 1. The molecule has 3 rings (SSSR count). The van der Waals surface area contributed by atoms with E-state index in [0.717, 1.165) is 23.0 Å². The number of furan rings is 1. The molecule has 0 atom stereocenters. The Balaban J connectivity index is 1.78. The van der Waals surface area contributed by atoms with E-state index in [1.54, 1.807) is 12.1 Å². The molecule has 1 aromatic heterocycles. The van der Waals surface area contributed by atoms with Crippen molar-refractivity contribution in [2.75, 3.05) is 25.2 Å². The number of para-hydroxylation sites is 1. The van der Waals surface area contributed by atoms with E-state index in [-0.39, 0.29) is 4.90 Å². The first-order chi connectivity index (χ1) is 12.9. The van der Waals surface area contributed by atoms with E-state index in [2.05, 4.69) is 24.1 Å². The van der Waals surface area contributed by atoms with Gasteiger partial charge in [0.25, 0.3) is 0 Å². The smallest absolute Gasteiger partial charge is 0.181 e. The lowest BCUT2D eigenvalue weighted by atomic mass is 10.1. The summed E-state index contributed by atoms with van der Waals surface area (Å²) in [5.41, 5.74) is 2.62. The van der Waals surface area contributed by atoms with Gasteiger partial charge in [-0.2, -0.15) is 0 Å². The predicted molar refractivity (Wildman–Crippen MR) is 107 cm³/mol. The Hall–Kier alpha value is -2.91. The molecule has 0 fully saturated rings. The molecule has 3 aromatic rings. The van der Waals surface area contributed by atoms with E-state index < -0.39 is 9.84 Å². The molecular weight excluding hydrogens is 362 g/mol. The first-order valence-corrected chi connectivity index (χ1v) is 10.4. The van der Waals surface area contributed by atoms with Crippen LogP contribution in [0.4, 0.5) is 5.69 Å². The van der Waals surface area contributed by atoms with Crippen LogP contribution in [0.15, 0.2) is 51.8 Å². The maximum absolute atomic E-state index is 11.7. The monoisotopic (exact) mass is 383 g/mol. The number of ether oxygens (including phenoxy) is 1. The van der Waals surface area contributed by atoms with Crippen molar-refractivity contribution >= 4 is 26.5 Å². The number of hydrogen-bond donors (Lipinski definition) is 1. The number of aryl methyl sites for hydroxylation is 1. The molecule has 0 aliphatic heterocycles. The maximum Gasteiger partial charge on any atom is 0.181 e. The minimum absolute atomic E-state index is 0.214. The molecule has 0 unspecified atom stereocenters. The fourth-order valence-electron chi connectivity index (χ4n) is 2.86. The Labute approximate surface area is 159 Å². The molecule has 1 heterocycles. The number of hydrogen-bond acceptors (Lipinski definition) is 5. The Morgan fingerprint density at radius 2 is 1.96 bits per heavy atom. The van der Waals surface area contributed by atoms with E-state index in [1.807, 2.05) is 24.3 Å². The third-order valence-electron chi connectivity index (χ3n) is 4.22. The molecule has 0 spiro atoms. The summed E-state index contributed by atoms with van der Waals surface area (Å²) < 4.78 is 34.4. The summed E-state index contributed by atoms with van der Waals surface area (Å²) >= 11 is 0. The largest absolute Gasteiger partial charge is 0.495 e. The fourth-order valence-corrected chi connectivity index (χ4v) is 3.50. The standard InChI is InChI=1S/C21H21NO4S/c1-4-16-17-8-5-6-9-20(17)26-19(16)10-7-13-22-18-12-11-15(27(3,23)24)14-21(18)25-2/h5-6,8-9,11-12,14,22H,4,13H2,1-3H3. The van der Waals surface area contributed by atoms with Gasteiger partial charge in [0.15, 0.2) is 15.6 Å². The van der Waals surface area contributed by atoms with Gasteiger partial charge in [-0.15, -0.1) is 0 Å². The lowest BCUT2D eigenvalue weighted by molar-refractivity contribution is 0.415. The van der Waals surface area contributed by atoms with Gasteiger partial charge in [0.1, 0.15) is 11.3 Å². The number of anilines is 1. The van der Waals surface area contributed by atoms with Gasteiger partial charge < -0.3 is 14.5 Å². The van der Waals surface area contributed by atoms with E-state index in [9.17, 15) is 8.42 Å². The molecule has 140 valence electrons. The van der Waals surface area contributed by atoms with Crippen molar-refractivity contribution in [1.82, 2.24) is 0 Å². The van der Waals surface area contributed by atoms with Crippen LogP contribution in [-0.2, 0) is 16.3 Å². The molecular formula is C21H21NO4S. The molecule has 0 saturated heterocycles. The molecule has 1 N–H and O–H groups in total. The van der Waals surface area contributed by atoms with Crippen LogP contribution < -0.4 is 10.1 Å². The second-order valence-electron chi connectivity index (χ2n) is 6.05. The van der Waals surface area contributed by atoms with Gasteiger partial charge in [-0.3, -0.25) is 0 Å². The second-order valence-corrected chi connectivity index (χ2v) is 8.06. The SMILES string of the molecule is CCc1c(C#CCNc2ccc(S(C)(=O)=O)cc2OC)oc2ccccc12. The number of nitrogens with one attached hydrogen (secondary N) is 1. The summed E-state index contributed by atoms with van der Waals surface area (Å²) in [6.45, 7) is 2.45. The van der Waals surface area contributed by atoms with Crippen molar-refractivity contribution in [2.45, 2.75) is 18.2 Å². The summed E-state index contributed by atoms with van der Waals surface area (Å²) in [7, 11) is -1.78. The van der Waals surface area contributed by atoms with Gasteiger partial charge in [0.05, 0.1) is 24.2 Å². The zero-order valence-electron chi connectivity index (χ0n) is 15.5. The summed E-state index contributed by atoms with van der Waals surface area (Å²) in [5, 5.41) is 4.24. The van der Waals surface area contributed by atoms with Gasteiger partial charge in [-0.25, -0.2) is 8.42 Å². The average molecular weight is 383 g/mol. The molecule has 5 nitrogen and oxygen atoms in total. The summed E-state index contributed by atoms with van der Waals surface area (Å²) in [6.07, 6.45) is 2.01. The Kier molecular flexibility index (Phi) is 5.43. The third-order valence-corrected chi connectivity index (χ3v) is 5.33. The first-order valence-electron chi connectivity index (χ1n) is 8.55. The van der Waals surface area contributed by atoms with Crippen LogP contribution in [0.1, 0.15) is 18.2 Å². The minimum Gasteiger partial charge on any atom is -0.495 e. The number of fused-ring (bicyclic) bond motifs is 1. The first kappa shape index (κ1) is 18.9. The molecule has 0 aliphatic carbocycles. The van der Waals surface area contributed by atoms with Crippen LogP contribution in [-0.4, -0.2) is 28.3 Å². The van der Waals surface area contributed by atoms with Crippen molar-refractivity contribution in [3.63, 3.8) is 0 Å². The maximum atomic E-state index is 11.7. The summed E-state index contributed by atoms with van der Waals surface area (Å²) in [5.74, 6) is 7.27. The Morgan fingerprint density at radius 1 is 1.19 bits per heavy atom. The van der Waals surface area contributed by atoms with Gasteiger partial charge in [0.2, 0.25) is 0 Å². The van der Waals surface area contributed by atoms with E-state index >= 15 is 0 Å². The molecule has 0 aliphatic rings. The Morgan fingerprint density at radius 3 is 2.67 bits per heavy atom. The van der Waals surface area contributed by atoms with Crippen LogP contribution in [0, 0.1) is 11.8 Å². The summed E-state index contributed by atoms with van der Waals surface area (Å²) in [4.78, 5) is 0.214. The number of rotatable bonds is 5. The van der Waals surface area contributed by atoms with Crippen molar-refractivity contribution in [3.05, 3.63) is 53.8 Å². The zero-order valence-corrected chi connectivity index (χ0v) is 16.3. The quantitative estimate of drug-likeness (QED) is 0.678. The average Bonchev–Trinajstić information content (AvgIpc) is 3.01. The minimum atomic E-state index is -3.28. The van der Waals surface area contributed by atoms with Crippen molar-refractivity contribution in [3.8, 4) is 17.6 Å². The van der Waals surface area contributed by atoms with Crippen molar-refractivity contribution < 1.29 is 17.6 Å². The van der Waals surface area contributed by atoms with E-state index in [0.29, 0.717) is 23.7 Å². The topological polar surface area (TPSA) is 68.5 Å². The molecule has 0 saturated carbocycles. The lowest BCUT2D eigenvalue weighted by Crippen LogP contribution is -2.03. The molecule has 0 amide bonds. The molecule has 6 heteroatoms. The van der Waals surface area contributed by atoms with Crippen LogP contribution in [0.5, 0.6) is 5.75 Å². The highest BCUT2D eigenvalue weighted by atomic mass is 32.2. The van der Waals surface area contributed by atoms with Crippen LogP contribution in [0.2, 0.25) is 0 Å². The van der Waals surface area contributed by atoms with Crippen molar-refractivity contribution in [2.24, 2.45) is 0 Å². The van der Waals surface area contributed by atoms with Gasteiger partial charge >= 0.3 is 0 Å². The van der Waals surface area contributed by atoms with Crippen LogP contribution in [0.3, 0.4) is 0 Å². The van der Waals surface area contributed by atoms with E-state index in [1.165, 1.54) is 19.4 Å². The highest BCUT2D eigenvalue weighted by Crippen LogP contribution is 2.28. The van der Waals surface area contributed by atoms with Crippen LogP contribution >= 0.6 is 0 Å². The van der Waals surface area contributed by atoms with Gasteiger partial charge in [-0.1, -0.05) is 31.0 Å². The fraction of sp³-hybridized carbons (Fsp3) is 0.238. The number of methoxy groups -OCH3 is 1. The number of benzene rings is 2. The Bertz CT molecular complexity index is 1130. The summed E-state index contributed by atoms with van der Waals surface area (Å²) in [6, 6.07) is 12.6. The molecule has 2 aromatic carbocycles. The normalized spacial score (nSPS) is 11.1. The lowest BCUT2D eigenvalue weighted by Gasteiger charge is -2.10. The predicted octanol–water partition coefficient (Wildman–Crippen LogP) is 3.87. The molecule has 0 radical (unpaired) electrons. The van der Waals surface area contributed by atoms with E-state index in [4.69, 9.17) is 9.15 Å². The van der Waals surface area contributed by atoms with Gasteiger partial charge in [-0.05, 0) is 30.5 Å². The highest BCUT2D eigenvalue weighted by Gasteiger charge is 2.12. The highest BCUT2D eigenvalue weighted by molar-refractivity contribution is 7.90. The molecule has 27 heavy (non-hydrogen) atoms. The van der Waals surface area contributed by atoms with Crippen LogP contribution in [0.25, 0.3) is 11.0 Å². The van der Waals surface area contributed by atoms with Crippen molar-refractivity contribution in [1.29, 1.82) is 0 Å². The second kappa shape index (κ2) is 7.77. The molecule has 0 bridgehead atoms. The van der Waals surface area contributed by atoms with Gasteiger partial charge in [0, 0.05) is 23.3 Å². The third kappa shape index (κ3) is 4.09.